The predicted octanol–water partition coefficient (Wildman–Crippen LogP) is 1.89. The summed E-state index contributed by atoms with van der Waals surface area (Å²) in [7, 11) is 0. The predicted molar refractivity (Wildman–Crippen MR) is 45.3 cm³/mol. The zero-order valence-electron chi connectivity index (χ0n) is 6.28. The molecule has 1 aromatic heterocycles. The summed E-state index contributed by atoms with van der Waals surface area (Å²) in [6.07, 6.45) is 3.79. The quantitative estimate of drug-likeness (QED) is 0.647. The number of thiol groups is 1. The number of imidazole rings is 1. The van der Waals surface area contributed by atoms with Crippen LogP contribution in [-0.2, 0) is 6.54 Å². The van der Waals surface area contributed by atoms with Crippen LogP contribution in [0.1, 0.15) is 24.9 Å². The van der Waals surface area contributed by atoms with Crippen molar-refractivity contribution in [1.29, 1.82) is 0 Å². The van der Waals surface area contributed by atoms with Gasteiger partial charge in [-0.25, -0.2) is 4.98 Å². The maximum Gasteiger partial charge on any atom is 0.121 e. The summed E-state index contributed by atoms with van der Waals surface area (Å²) in [6, 6.07) is 0. The molecule has 1 heterocycles. The van der Waals surface area contributed by atoms with Crippen molar-refractivity contribution in [2.45, 2.75) is 25.6 Å². The zero-order valence-corrected chi connectivity index (χ0v) is 7.18. The van der Waals surface area contributed by atoms with Gasteiger partial charge in [-0.3, -0.25) is 0 Å². The molecule has 1 rings (SSSR count). The van der Waals surface area contributed by atoms with Crippen molar-refractivity contribution in [3.05, 3.63) is 18.2 Å². The highest BCUT2D eigenvalue weighted by Gasteiger charge is 2.04. The first-order chi connectivity index (χ1) is 4.75. The normalized spacial score (nSPS) is 13.5. The van der Waals surface area contributed by atoms with E-state index in [1.165, 1.54) is 0 Å². The smallest absolute Gasteiger partial charge is 0.121 e. The average molecular weight is 156 g/mol. The summed E-state index contributed by atoms with van der Waals surface area (Å²) in [5.74, 6) is 1.05. The summed E-state index contributed by atoms with van der Waals surface area (Å²) >= 11 is 4.29. The minimum atomic E-state index is 0.231. The van der Waals surface area contributed by atoms with E-state index in [0.717, 1.165) is 12.4 Å². The molecule has 2 nitrogen and oxygen atoms in total. The average Bonchev–Trinajstić information content (AvgIpc) is 2.33. The number of hydrogen-bond acceptors (Lipinski definition) is 2. The van der Waals surface area contributed by atoms with Crippen molar-refractivity contribution < 1.29 is 0 Å². The first-order valence-corrected chi connectivity index (χ1v) is 3.96. The van der Waals surface area contributed by atoms with Gasteiger partial charge in [-0.2, -0.15) is 12.6 Å². The zero-order chi connectivity index (χ0) is 7.56. The highest BCUT2D eigenvalue weighted by molar-refractivity contribution is 7.80. The van der Waals surface area contributed by atoms with Crippen LogP contribution in [0.15, 0.2) is 12.4 Å². The Kier molecular flexibility index (Phi) is 2.38. The molecule has 56 valence electrons. The lowest BCUT2D eigenvalue weighted by atomic mass is 10.4. The van der Waals surface area contributed by atoms with E-state index in [9.17, 15) is 0 Å². The van der Waals surface area contributed by atoms with Gasteiger partial charge in [0.15, 0.2) is 0 Å². The molecule has 0 saturated heterocycles. The molecule has 0 amide bonds. The maximum absolute atomic E-state index is 4.29. The molecule has 1 aromatic rings. The van der Waals surface area contributed by atoms with Gasteiger partial charge in [-0.05, 0) is 13.8 Å². The molecule has 1 atom stereocenters. The number of aromatic nitrogens is 2. The molecule has 0 fully saturated rings. The summed E-state index contributed by atoms with van der Waals surface area (Å²) < 4.78 is 2.09. The van der Waals surface area contributed by atoms with Crippen LogP contribution in [0.25, 0.3) is 0 Å². The second-order valence-corrected chi connectivity index (χ2v) is 3.02. The third-order valence-electron chi connectivity index (χ3n) is 1.46. The Morgan fingerprint density at radius 2 is 2.50 bits per heavy atom. The largest absolute Gasteiger partial charge is 0.334 e. The Bertz CT molecular complexity index is 205. The molecular weight excluding hydrogens is 144 g/mol. The van der Waals surface area contributed by atoms with Crippen LogP contribution < -0.4 is 0 Å². The topological polar surface area (TPSA) is 17.8 Å². The summed E-state index contributed by atoms with van der Waals surface area (Å²) in [5.41, 5.74) is 0. The SMILES string of the molecule is CCn1ccnc1[C@H](C)S. The van der Waals surface area contributed by atoms with Crippen LogP contribution in [-0.4, -0.2) is 9.55 Å². The van der Waals surface area contributed by atoms with Gasteiger partial charge in [-0.1, -0.05) is 0 Å². The van der Waals surface area contributed by atoms with Crippen molar-refractivity contribution in [3.8, 4) is 0 Å². The molecule has 0 bridgehead atoms. The Balaban J connectivity index is 2.90. The third-order valence-corrected chi connectivity index (χ3v) is 1.69. The van der Waals surface area contributed by atoms with Crippen LogP contribution >= 0.6 is 12.6 Å². The van der Waals surface area contributed by atoms with Crippen molar-refractivity contribution >= 4 is 12.6 Å². The van der Waals surface area contributed by atoms with Crippen LogP contribution in [0.5, 0.6) is 0 Å². The van der Waals surface area contributed by atoms with Gasteiger partial charge in [0.1, 0.15) is 5.82 Å². The second kappa shape index (κ2) is 3.10. The minimum Gasteiger partial charge on any atom is -0.334 e. The maximum atomic E-state index is 4.29. The lowest BCUT2D eigenvalue weighted by molar-refractivity contribution is 0.701. The molecule has 0 aromatic carbocycles. The lowest BCUT2D eigenvalue weighted by Gasteiger charge is -2.05. The van der Waals surface area contributed by atoms with E-state index in [2.05, 4.69) is 29.1 Å². The van der Waals surface area contributed by atoms with Crippen LogP contribution in [0.4, 0.5) is 0 Å². The fourth-order valence-electron chi connectivity index (χ4n) is 0.956. The van der Waals surface area contributed by atoms with Crippen molar-refractivity contribution in [2.24, 2.45) is 0 Å². The monoisotopic (exact) mass is 156 g/mol. The molecule has 10 heavy (non-hydrogen) atoms. The molecule has 0 aliphatic rings. The molecular formula is C7H12N2S. The molecule has 3 heteroatoms. The summed E-state index contributed by atoms with van der Waals surface area (Å²) in [6.45, 7) is 5.10. The van der Waals surface area contributed by atoms with Gasteiger partial charge in [0.2, 0.25) is 0 Å². The highest BCUT2D eigenvalue weighted by Crippen LogP contribution is 2.15. The van der Waals surface area contributed by atoms with Crippen molar-refractivity contribution in [1.82, 2.24) is 9.55 Å². The minimum absolute atomic E-state index is 0.231. The second-order valence-electron chi connectivity index (χ2n) is 2.25. The Morgan fingerprint density at radius 3 is 2.90 bits per heavy atom. The van der Waals surface area contributed by atoms with E-state index in [1.807, 2.05) is 19.3 Å². The highest BCUT2D eigenvalue weighted by atomic mass is 32.1. The van der Waals surface area contributed by atoms with Gasteiger partial charge in [0.25, 0.3) is 0 Å². The standard InChI is InChI=1S/C7H12N2S/c1-3-9-5-4-8-7(9)6(2)10/h4-6,10H,3H2,1-2H3/t6-/m0/s1. The number of rotatable bonds is 2. The van der Waals surface area contributed by atoms with Crippen LogP contribution in [0.3, 0.4) is 0 Å². The first kappa shape index (κ1) is 7.66. The number of aryl methyl sites for hydroxylation is 1. The van der Waals surface area contributed by atoms with E-state index in [4.69, 9.17) is 0 Å². The van der Waals surface area contributed by atoms with Crippen molar-refractivity contribution in [2.75, 3.05) is 0 Å². The number of nitrogens with zero attached hydrogens (tertiary/aromatic N) is 2. The van der Waals surface area contributed by atoms with Crippen molar-refractivity contribution in [3.63, 3.8) is 0 Å². The Morgan fingerprint density at radius 1 is 1.80 bits per heavy atom. The summed E-state index contributed by atoms with van der Waals surface area (Å²) in [5, 5.41) is 0.231. The first-order valence-electron chi connectivity index (χ1n) is 3.44. The van der Waals surface area contributed by atoms with Gasteiger partial charge < -0.3 is 4.57 Å². The fraction of sp³-hybridized carbons (Fsp3) is 0.571. The van der Waals surface area contributed by atoms with Gasteiger partial charge >= 0.3 is 0 Å². The lowest BCUT2D eigenvalue weighted by Crippen LogP contribution is -2.00. The van der Waals surface area contributed by atoms with Gasteiger partial charge in [0, 0.05) is 18.9 Å². The van der Waals surface area contributed by atoms with E-state index >= 15 is 0 Å². The van der Waals surface area contributed by atoms with E-state index in [-0.39, 0.29) is 5.25 Å². The Labute approximate surface area is 66.7 Å². The molecule has 0 saturated carbocycles. The van der Waals surface area contributed by atoms with E-state index < -0.39 is 0 Å². The van der Waals surface area contributed by atoms with Gasteiger partial charge in [-0.15, -0.1) is 0 Å². The van der Waals surface area contributed by atoms with Crippen LogP contribution in [0.2, 0.25) is 0 Å². The third kappa shape index (κ3) is 1.34. The van der Waals surface area contributed by atoms with E-state index in [0.29, 0.717) is 0 Å². The molecule has 0 radical (unpaired) electrons. The molecule has 0 aliphatic carbocycles. The van der Waals surface area contributed by atoms with Crippen LogP contribution in [0, 0.1) is 0 Å². The summed E-state index contributed by atoms with van der Waals surface area (Å²) in [4.78, 5) is 4.17. The molecule has 0 aliphatic heterocycles. The molecule has 0 N–H and O–H groups in total. The molecule has 0 spiro atoms. The fourth-order valence-corrected chi connectivity index (χ4v) is 1.17. The van der Waals surface area contributed by atoms with Gasteiger partial charge in [0.05, 0.1) is 5.25 Å². The Hall–Kier alpha value is -0.440. The van der Waals surface area contributed by atoms with E-state index in [1.54, 1.807) is 0 Å². The number of hydrogen-bond donors (Lipinski definition) is 1. The molecule has 0 unspecified atom stereocenters.